The third kappa shape index (κ3) is 6.04. The lowest BCUT2D eigenvalue weighted by atomic mass is 10.1. The number of rotatable bonds is 9. The van der Waals surface area contributed by atoms with Gasteiger partial charge in [-0.1, -0.05) is 12.1 Å². The smallest absolute Gasteiger partial charge is 0.162 e. The maximum Gasteiger partial charge on any atom is 0.162 e. The van der Waals surface area contributed by atoms with Gasteiger partial charge in [-0.15, -0.1) is 0 Å². The summed E-state index contributed by atoms with van der Waals surface area (Å²) in [6, 6.07) is 14.0. The molecule has 0 amide bonds. The molecular formula is C25H31N5O3. The Morgan fingerprint density at radius 3 is 2.67 bits per heavy atom. The number of benzene rings is 1. The molecule has 33 heavy (non-hydrogen) atoms. The molecule has 1 saturated heterocycles. The quantitative estimate of drug-likeness (QED) is 0.515. The van der Waals surface area contributed by atoms with Crippen LogP contribution in [0.15, 0.2) is 54.9 Å². The Kier molecular flexibility index (Phi) is 7.83. The van der Waals surface area contributed by atoms with E-state index in [1.54, 1.807) is 19.4 Å². The third-order valence-electron chi connectivity index (χ3n) is 5.76. The van der Waals surface area contributed by atoms with Gasteiger partial charge in [0.2, 0.25) is 0 Å². The van der Waals surface area contributed by atoms with Gasteiger partial charge in [0.25, 0.3) is 0 Å². The Morgan fingerprint density at radius 1 is 1.12 bits per heavy atom. The van der Waals surface area contributed by atoms with E-state index in [1.165, 1.54) is 0 Å². The maximum atomic E-state index is 9.95. The minimum Gasteiger partial charge on any atom is -0.491 e. The zero-order chi connectivity index (χ0) is 23.0. The number of nitrogens with zero attached hydrogens (tertiary/aromatic N) is 4. The van der Waals surface area contributed by atoms with Gasteiger partial charge < -0.3 is 24.8 Å². The van der Waals surface area contributed by atoms with Crippen molar-refractivity contribution < 1.29 is 14.6 Å². The number of aliphatic hydroxyl groups excluding tert-OH is 1. The largest absolute Gasteiger partial charge is 0.491 e. The molecule has 3 aromatic rings. The first-order chi connectivity index (χ1) is 16.1. The summed E-state index contributed by atoms with van der Waals surface area (Å²) in [4.78, 5) is 16.1. The first-order valence-corrected chi connectivity index (χ1v) is 11.3. The van der Waals surface area contributed by atoms with Crippen LogP contribution in [0.4, 0.5) is 5.82 Å². The molecular weight excluding hydrogens is 418 g/mol. The second-order valence-electron chi connectivity index (χ2n) is 8.18. The molecule has 2 aromatic heterocycles. The fraction of sp³-hybridized carbons (Fsp3) is 0.400. The van der Waals surface area contributed by atoms with Crippen LogP contribution in [0.25, 0.3) is 22.6 Å². The standard InChI is InChI=1S/C25H31N5O3/c1-26-16-21(31)17-33-22-5-3-4-19(14-22)25-28-23(18-6-10-27-11-7-18)15-24(29-25)30(2)20-8-12-32-13-9-20/h3-7,10-11,14-15,20-21,26,31H,8-9,12-13,16-17H2,1-2H3. The fourth-order valence-corrected chi connectivity index (χ4v) is 3.89. The number of anilines is 1. The van der Waals surface area contributed by atoms with Crippen molar-refractivity contribution in [1.29, 1.82) is 0 Å². The highest BCUT2D eigenvalue weighted by atomic mass is 16.5. The van der Waals surface area contributed by atoms with Crippen LogP contribution in [0.2, 0.25) is 0 Å². The van der Waals surface area contributed by atoms with E-state index < -0.39 is 6.10 Å². The Hall–Kier alpha value is -3.07. The van der Waals surface area contributed by atoms with Crippen molar-refractivity contribution in [2.45, 2.75) is 25.0 Å². The number of aliphatic hydroxyl groups is 1. The Bertz CT molecular complexity index is 1030. The Morgan fingerprint density at radius 2 is 1.91 bits per heavy atom. The molecule has 1 atom stereocenters. The van der Waals surface area contributed by atoms with E-state index >= 15 is 0 Å². The number of nitrogens with one attached hydrogen (secondary N) is 1. The second kappa shape index (κ2) is 11.2. The summed E-state index contributed by atoms with van der Waals surface area (Å²) in [6.45, 7) is 2.21. The molecule has 0 saturated carbocycles. The fourth-order valence-electron chi connectivity index (χ4n) is 3.89. The van der Waals surface area contributed by atoms with Gasteiger partial charge in [-0.3, -0.25) is 4.98 Å². The van der Waals surface area contributed by atoms with Crippen LogP contribution in [-0.2, 0) is 4.74 Å². The molecule has 0 bridgehead atoms. The highest BCUT2D eigenvalue weighted by Crippen LogP contribution is 2.29. The summed E-state index contributed by atoms with van der Waals surface area (Å²) in [5, 5.41) is 12.9. The first kappa shape index (κ1) is 23.1. The molecule has 0 radical (unpaired) electrons. The van der Waals surface area contributed by atoms with Gasteiger partial charge in [-0.2, -0.15) is 0 Å². The normalized spacial score (nSPS) is 15.2. The molecule has 4 rings (SSSR count). The van der Waals surface area contributed by atoms with Gasteiger partial charge in [0.1, 0.15) is 24.3 Å². The van der Waals surface area contributed by atoms with Crippen molar-refractivity contribution in [3.8, 4) is 28.4 Å². The molecule has 174 valence electrons. The van der Waals surface area contributed by atoms with Gasteiger partial charge >= 0.3 is 0 Å². The number of hydrogen-bond acceptors (Lipinski definition) is 8. The van der Waals surface area contributed by atoms with Crippen molar-refractivity contribution in [3.63, 3.8) is 0 Å². The lowest BCUT2D eigenvalue weighted by Crippen LogP contribution is -2.37. The van der Waals surface area contributed by atoms with Crippen molar-refractivity contribution in [3.05, 3.63) is 54.9 Å². The highest BCUT2D eigenvalue weighted by molar-refractivity contribution is 5.68. The lowest BCUT2D eigenvalue weighted by Gasteiger charge is -2.32. The average Bonchev–Trinajstić information content (AvgIpc) is 2.88. The van der Waals surface area contributed by atoms with E-state index in [0.717, 1.165) is 48.7 Å². The maximum absolute atomic E-state index is 9.95. The van der Waals surface area contributed by atoms with Gasteiger partial charge in [-0.25, -0.2) is 9.97 Å². The molecule has 3 heterocycles. The van der Waals surface area contributed by atoms with E-state index in [-0.39, 0.29) is 6.61 Å². The zero-order valence-corrected chi connectivity index (χ0v) is 19.1. The van der Waals surface area contributed by atoms with Crippen LogP contribution in [0.1, 0.15) is 12.8 Å². The van der Waals surface area contributed by atoms with Crippen molar-refractivity contribution >= 4 is 5.82 Å². The minimum atomic E-state index is -0.579. The average molecular weight is 450 g/mol. The minimum absolute atomic E-state index is 0.208. The second-order valence-corrected chi connectivity index (χ2v) is 8.18. The number of hydrogen-bond donors (Lipinski definition) is 2. The van der Waals surface area contributed by atoms with E-state index in [2.05, 4.69) is 22.2 Å². The number of ether oxygens (including phenoxy) is 2. The zero-order valence-electron chi connectivity index (χ0n) is 19.1. The van der Waals surface area contributed by atoms with E-state index in [0.29, 0.717) is 24.2 Å². The van der Waals surface area contributed by atoms with Crippen molar-refractivity contribution in [2.75, 3.05) is 45.4 Å². The number of aromatic nitrogens is 3. The third-order valence-corrected chi connectivity index (χ3v) is 5.76. The van der Waals surface area contributed by atoms with Crippen LogP contribution >= 0.6 is 0 Å². The summed E-state index contributed by atoms with van der Waals surface area (Å²) in [5.41, 5.74) is 2.68. The Labute approximate surface area is 194 Å². The van der Waals surface area contributed by atoms with E-state index in [4.69, 9.17) is 19.4 Å². The van der Waals surface area contributed by atoms with Crippen molar-refractivity contribution in [1.82, 2.24) is 20.3 Å². The summed E-state index contributed by atoms with van der Waals surface area (Å²) in [6.07, 6.45) is 4.90. The van der Waals surface area contributed by atoms with E-state index in [1.807, 2.05) is 42.5 Å². The predicted molar refractivity (Wildman–Crippen MR) is 128 cm³/mol. The van der Waals surface area contributed by atoms with Crippen LogP contribution in [-0.4, -0.2) is 72.7 Å². The van der Waals surface area contributed by atoms with Crippen LogP contribution < -0.4 is 15.0 Å². The van der Waals surface area contributed by atoms with Crippen LogP contribution in [0.5, 0.6) is 5.75 Å². The molecule has 1 aliphatic heterocycles. The summed E-state index contributed by atoms with van der Waals surface area (Å²) < 4.78 is 11.3. The van der Waals surface area contributed by atoms with Crippen molar-refractivity contribution in [2.24, 2.45) is 0 Å². The molecule has 1 aliphatic rings. The lowest BCUT2D eigenvalue weighted by molar-refractivity contribution is 0.0853. The van der Waals surface area contributed by atoms with Crippen LogP contribution in [0, 0.1) is 0 Å². The predicted octanol–water partition coefficient (Wildman–Crippen LogP) is 2.78. The molecule has 1 aromatic carbocycles. The van der Waals surface area contributed by atoms with Gasteiger partial charge in [0.15, 0.2) is 5.82 Å². The SMILES string of the molecule is CNCC(O)COc1cccc(-c2nc(-c3ccncc3)cc(N(C)C3CCOCC3)n2)c1. The van der Waals surface area contributed by atoms with Gasteiger partial charge in [0.05, 0.1) is 5.69 Å². The molecule has 1 unspecified atom stereocenters. The Balaban J connectivity index is 1.66. The van der Waals surface area contributed by atoms with E-state index in [9.17, 15) is 5.11 Å². The number of pyridine rings is 1. The summed E-state index contributed by atoms with van der Waals surface area (Å²) >= 11 is 0. The number of likely N-dealkylation sites (N-methyl/N-ethyl adjacent to an activating group) is 1. The summed E-state index contributed by atoms with van der Waals surface area (Å²) in [5.74, 6) is 2.16. The molecule has 2 N–H and O–H groups in total. The first-order valence-electron chi connectivity index (χ1n) is 11.3. The van der Waals surface area contributed by atoms with Crippen LogP contribution in [0.3, 0.4) is 0 Å². The molecule has 1 fully saturated rings. The molecule has 0 spiro atoms. The molecule has 0 aliphatic carbocycles. The van der Waals surface area contributed by atoms with Gasteiger partial charge in [-0.05, 0) is 44.2 Å². The van der Waals surface area contributed by atoms with Gasteiger partial charge in [0, 0.05) is 62.4 Å². The highest BCUT2D eigenvalue weighted by Gasteiger charge is 2.21. The topological polar surface area (TPSA) is 92.6 Å². The monoisotopic (exact) mass is 449 g/mol. The summed E-state index contributed by atoms with van der Waals surface area (Å²) in [7, 11) is 3.88. The molecule has 8 nitrogen and oxygen atoms in total. The molecule has 8 heteroatoms.